The van der Waals surface area contributed by atoms with E-state index in [1.54, 1.807) is 0 Å². The van der Waals surface area contributed by atoms with E-state index >= 15 is 0 Å². The number of benzene rings is 2. The molecule has 0 saturated carbocycles. The Morgan fingerprint density at radius 1 is 0.741 bits per heavy atom. The molecule has 2 aromatic carbocycles. The molecule has 0 bridgehead atoms. The first-order valence-electron chi connectivity index (χ1n) is 8.15. The van der Waals surface area contributed by atoms with Gasteiger partial charge in [-0.1, -0.05) is 26.0 Å². The van der Waals surface area contributed by atoms with Crippen molar-refractivity contribution in [3.05, 3.63) is 54.3 Å². The Kier molecular flexibility index (Phi) is 8.64. The number of para-hydroxylation sites is 2. The molecule has 0 heterocycles. The Balaban J connectivity index is 2.31. The number of halogens is 4. The van der Waals surface area contributed by atoms with Crippen LogP contribution in [-0.2, 0) is 0 Å². The van der Waals surface area contributed by atoms with Gasteiger partial charge in [0.05, 0.1) is 31.1 Å². The molecular formula is C19H20Br4O4. The first kappa shape index (κ1) is 23.2. The monoisotopic (exact) mass is 628 g/mol. The van der Waals surface area contributed by atoms with Gasteiger partial charge in [-0.15, -0.1) is 0 Å². The zero-order valence-corrected chi connectivity index (χ0v) is 21.1. The van der Waals surface area contributed by atoms with Crippen molar-refractivity contribution >= 4 is 63.7 Å². The third kappa shape index (κ3) is 5.48. The summed E-state index contributed by atoms with van der Waals surface area (Å²) >= 11 is 13.9. The molecular weight excluding hydrogens is 612 g/mol. The van der Waals surface area contributed by atoms with E-state index in [1.807, 2.05) is 50.2 Å². The molecule has 8 heteroatoms. The van der Waals surface area contributed by atoms with Crippen LogP contribution in [0.3, 0.4) is 0 Å². The summed E-state index contributed by atoms with van der Waals surface area (Å²) in [5.74, 6) is 1.17. The minimum Gasteiger partial charge on any atom is -0.485 e. The minimum absolute atomic E-state index is 0.238. The molecule has 0 aromatic heterocycles. The fourth-order valence-electron chi connectivity index (χ4n) is 2.53. The van der Waals surface area contributed by atoms with Crippen molar-refractivity contribution in [2.75, 3.05) is 13.2 Å². The van der Waals surface area contributed by atoms with E-state index in [1.165, 1.54) is 0 Å². The Morgan fingerprint density at radius 3 is 1.30 bits per heavy atom. The number of rotatable bonds is 8. The van der Waals surface area contributed by atoms with Crippen molar-refractivity contribution in [2.45, 2.75) is 26.1 Å². The van der Waals surface area contributed by atoms with Crippen LogP contribution >= 0.6 is 63.7 Å². The van der Waals surface area contributed by atoms with Crippen molar-refractivity contribution in [3.8, 4) is 11.5 Å². The minimum atomic E-state index is -0.715. The molecule has 148 valence electrons. The lowest BCUT2D eigenvalue weighted by Gasteiger charge is -2.39. The van der Waals surface area contributed by atoms with Crippen LogP contribution in [0.15, 0.2) is 54.3 Å². The molecule has 0 aliphatic heterocycles. The Morgan fingerprint density at radius 2 is 1.04 bits per heavy atom. The lowest BCUT2D eigenvalue weighted by molar-refractivity contribution is -0.0644. The zero-order valence-electron chi connectivity index (χ0n) is 14.8. The van der Waals surface area contributed by atoms with Gasteiger partial charge in [-0.05, 0) is 88.0 Å². The van der Waals surface area contributed by atoms with Gasteiger partial charge < -0.3 is 19.7 Å². The summed E-state index contributed by atoms with van der Waals surface area (Å²) in [4.78, 5) is 0. The number of aliphatic hydroxyl groups is 2. The van der Waals surface area contributed by atoms with Crippen LogP contribution in [0.4, 0.5) is 0 Å². The van der Waals surface area contributed by atoms with Crippen molar-refractivity contribution in [2.24, 2.45) is 5.41 Å². The average Bonchev–Trinajstić information content (AvgIpc) is 2.61. The van der Waals surface area contributed by atoms with E-state index in [2.05, 4.69) is 63.7 Å². The van der Waals surface area contributed by atoms with Gasteiger partial charge >= 0.3 is 0 Å². The van der Waals surface area contributed by atoms with Gasteiger partial charge in [0.1, 0.15) is 23.7 Å². The maximum atomic E-state index is 10.0. The zero-order chi connectivity index (χ0) is 20.2. The largest absolute Gasteiger partial charge is 0.485 e. The molecule has 2 rings (SSSR count). The highest BCUT2D eigenvalue weighted by Gasteiger charge is 2.41. The van der Waals surface area contributed by atoms with Crippen LogP contribution < -0.4 is 9.47 Å². The second-order valence-electron chi connectivity index (χ2n) is 6.50. The first-order valence-corrected chi connectivity index (χ1v) is 11.3. The van der Waals surface area contributed by atoms with Crippen LogP contribution in [0.5, 0.6) is 11.5 Å². The van der Waals surface area contributed by atoms with E-state index in [0.29, 0.717) is 11.5 Å². The maximum Gasteiger partial charge on any atom is 0.148 e. The molecule has 0 aliphatic rings. The number of hydrogen-bond donors (Lipinski definition) is 2. The van der Waals surface area contributed by atoms with E-state index in [9.17, 15) is 10.2 Å². The highest BCUT2D eigenvalue weighted by molar-refractivity contribution is 9.11. The summed E-state index contributed by atoms with van der Waals surface area (Å²) in [6.45, 7) is 3.31. The summed E-state index contributed by atoms with van der Waals surface area (Å²) in [7, 11) is 0. The summed E-state index contributed by atoms with van der Waals surface area (Å²) in [5, 5.41) is 20.0. The second-order valence-corrected chi connectivity index (χ2v) is 9.92. The normalized spacial score (nSPS) is 13.9. The highest BCUT2D eigenvalue weighted by atomic mass is 79.9. The molecule has 0 amide bonds. The van der Waals surface area contributed by atoms with Crippen molar-refractivity contribution in [3.63, 3.8) is 0 Å². The first-order chi connectivity index (χ1) is 12.7. The van der Waals surface area contributed by atoms with E-state index in [-0.39, 0.29) is 13.2 Å². The lowest BCUT2D eigenvalue weighted by Crippen LogP contribution is -2.50. The van der Waals surface area contributed by atoms with Crippen molar-refractivity contribution < 1.29 is 19.7 Å². The van der Waals surface area contributed by atoms with E-state index in [0.717, 1.165) is 17.9 Å². The van der Waals surface area contributed by atoms with Crippen molar-refractivity contribution in [1.29, 1.82) is 0 Å². The third-order valence-corrected chi connectivity index (χ3v) is 6.85. The van der Waals surface area contributed by atoms with Gasteiger partial charge in [-0.2, -0.15) is 0 Å². The van der Waals surface area contributed by atoms with Gasteiger partial charge in [0.15, 0.2) is 0 Å². The van der Waals surface area contributed by atoms with Crippen LogP contribution in [0.25, 0.3) is 0 Å². The topological polar surface area (TPSA) is 58.9 Å². The quantitative estimate of drug-likeness (QED) is 0.379. The Hall–Kier alpha value is -0.120. The molecule has 2 unspecified atom stereocenters. The molecule has 0 spiro atoms. The molecule has 2 aromatic rings. The fraction of sp³-hybridized carbons (Fsp3) is 0.368. The van der Waals surface area contributed by atoms with Gasteiger partial charge in [0, 0.05) is 5.41 Å². The third-order valence-electron chi connectivity index (χ3n) is 4.35. The molecule has 0 aliphatic carbocycles. The number of aliphatic hydroxyl groups excluding tert-OH is 2. The Bertz CT molecular complexity index is 678. The SMILES string of the molecule is CC(C)(C(CO)Oc1c(Br)cccc1Br)C(CO)Oc1c(Br)cccc1Br. The lowest BCUT2D eigenvalue weighted by atomic mass is 9.81. The smallest absolute Gasteiger partial charge is 0.148 e. The summed E-state index contributed by atoms with van der Waals surface area (Å²) in [6.07, 6.45) is -1.24. The van der Waals surface area contributed by atoms with Crippen LogP contribution in [0.2, 0.25) is 0 Å². The van der Waals surface area contributed by atoms with Gasteiger partial charge in [-0.3, -0.25) is 0 Å². The van der Waals surface area contributed by atoms with Crippen molar-refractivity contribution in [1.82, 2.24) is 0 Å². The number of ether oxygens (including phenoxy) is 2. The second kappa shape index (κ2) is 10.1. The van der Waals surface area contributed by atoms with E-state index in [4.69, 9.17) is 9.47 Å². The molecule has 27 heavy (non-hydrogen) atoms. The van der Waals surface area contributed by atoms with Gasteiger partial charge in [-0.25, -0.2) is 0 Å². The maximum absolute atomic E-state index is 10.0. The molecule has 4 nitrogen and oxygen atoms in total. The predicted octanol–water partition coefficient (Wildman–Crippen LogP) is 5.94. The summed E-state index contributed by atoms with van der Waals surface area (Å²) in [6, 6.07) is 11.2. The van der Waals surface area contributed by atoms with E-state index < -0.39 is 17.6 Å². The molecule has 0 fully saturated rings. The van der Waals surface area contributed by atoms with Gasteiger partial charge in [0.25, 0.3) is 0 Å². The standard InChI is InChI=1S/C19H20Br4O4/c1-19(2,15(9-24)26-17-11(20)5-3-6-12(17)21)16(10-25)27-18-13(22)7-4-8-14(18)23/h3-8,15-16,24-25H,9-10H2,1-2H3. The Labute approximate surface area is 192 Å². The summed E-state index contributed by atoms with van der Waals surface area (Å²) < 4.78 is 15.3. The molecule has 2 N–H and O–H groups in total. The van der Waals surface area contributed by atoms with Crippen LogP contribution in [-0.4, -0.2) is 35.6 Å². The van der Waals surface area contributed by atoms with Crippen LogP contribution in [0.1, 0.15) is 13.8 Å². The highest BCUT2D eigenvalue weighted by Crippen LogP contribution is 2.40. The molecule has 2 atom stereocenters. The van der Waals surface area contributed by atoms with Gasteiger partial charge in [0.2, 0.25) is 0 Å². The number of hydrogen-bond acceptors (Lipinski definition) is 4. The predicted molar refractivity (Wildman–Crippen MR) is 120 cm³/mol. The fourth-order valence-corrected chi connectivity index (χ4v) is 4.90. The molecule has 0 radical (unpaired) electrons. The van der Waals surface area contributed by atoms with Crippen LogP contribution in [0, 0.1) is 5.41 Å². The molecule has 0 saturated heterocycles. The summed E-state index contributed by atoms with van der Waals surface area (Å²) in [5.41, 5.74) is -0.715. The average molecular weight is 632 g/mol.